The number of piperidine rings is 1. The van der Waals surface area contributed by atoms with Crippen molar-refractivity contribution in [2.45, 2.75) is 59.0 Å². The second-order valence-corrected chi connectivity index (χ2v) is 9.10. The smallest absolute Gasteiger partial charge is 0.213 e. The number of hydrogen-bond acceptors (Lipinski definition) is 4. The molecule has 0 atom stereocenters. The highest BCUT2D eigenvalue weighted by Crippen LogP contribution is 2.16. The van der Waals surface area contributed by atoms with E-state index in [4.69, 9.17) is 0 Å². The molecule has 9 heteroatoms. The largest absolute Gasteiger partial charge is 0.354 e. The van der Waals surface area contributed by atoms with E-state index >= 15 is 0 Å². The number of aliphatic imine (C=N–C) groups is 1. The van der Waals surface area contributed by atoms with Crippen molar-refractivity contribution in [1.82, 2.24) is 24.7 Å². The van der Waals surface area contributed by atoms with Crippen molar-refractivity contribution < 1.29 is 8.42 Å². The standard InChI is InChI=1S/C18H34N6O2S/c1-6-16-15(17(7-2)23(5)22-16)13-20-18(19-4)21-14-9-11-24(12-10-14)27(25,26)8-3/h14H,6-13H2,1-5H3,(H2,19,20,21). The van der Waals surface area contributed by atoms with Gasteiger partial charge in [0.2, 0.25) is 10.0 Å². The van der Waals surface area contributed by atoms with E-state index < -0.39 is 10.0 Å². The van der Waals surface area contributed by atoms with E-state index in [-0.39, 0.29) is 11.8 Å². The maximum Gasteiger partial charge on any atom is 0.213 e. The van der Waals surface area contributed by atoms with Crippen LogP contribution in [0.4, 0.5) is 0 Å². The molecule has 1 aromatic heterocycles. The Labute approximate surface area is 163 Å². The predicted molar refractivity (Wildman–Crippen MR) is 109 cm³/mol. The highest BCUT2D eigenvalue weighted by atomic mass is 32.2. The van der Waals surface area contributed by atoms with E-state index in [1.54, 1.807) is 18.3 Å². The van der Waals surface area contributed by atoms with E-state index in [1.165, 1.54) is 11.3 Å². The van der Waals surface area contributed by atoms with Crippen LogP contribution >= 0.6 is 0 Å². The summed E-state index contributed by atoms with van der Waals surface area (Å²) < 4.78 is 27.5. The summed E-state index contributed by atoms with van der Waals surface area (Å²) in [4.78, 5) is 4.33. The van der Waals surface area contributed by atoms with E-state index in [0.29, 0.717) is 19.6 Å². The van der Waals surface area contributed by atoms with Gasteiger partial charge >= 0.3 is 0 Å². The molecule has 2 N–H and O–H groups in total. The minimum atomic E-state index is -3.09. The van der Waals surface area contributed by atoms with Crippen molar-refractivity contribution in [3.8, 4) is 0 Å². The topological polar surface area (TPSA) is 91.6 Å². The lowest BCUT2D eigenvalue weighted by Gasteiger charge is -2.32. The van der Waals surface area contributed by atoms with E-state index in [2.05, 4.69) is 34.6 Å². The van der Waals surface area contributed by atoms with Gasteiger partial charge in [0.15, 0.2) is 5.96 Å². The first-order valence-electron chi connectivity index (χ1n) is 9.84. The molecule has 1 aliphatic rings. The van der Waals surface area contributed by atoms with Gasteiger partial charge in [-0.1, -0.05) is 13.8 Å². The van der Waals surface area contributed by atoms with Crippen LogP contribution in [-0.2, 0) is 36.5 Å². The van der Waals surface area contributed by atoms with Crippen molar-refractivity contribution in [3.63, 3.8) is 0 Å². The molecule has 0 bridgehead atoms. The average molecular weight is 399 g/mol. The third-order valence-corrected chi connectivity index (χ3v) is 7.12. The van der Waals surface area contributed by atoms with Crippen molar-refractivity contribution in [1.29, 1.82) is 0 Å². The van der Waals surface area contributed by atoms with Gasteiger partial charge in [-0.05, 0) is 32.6 Å². The van der Waals surface area contributed by atoms with Crippen molar-refractivity contribution in [3.05, 3.63) is 17.0 Å². The lowest BCUT2D eigenvalue weighted by Crippen LogP contribution is -2.49. The number of hydrogen-bond donors (Lipinski definition) is 2. The van der Waals surface area contributed by atoms with Gasteiger partial charge < -0.3 is 10.6 Å². The zero-order valence-corrected chi connectivity index (χ0v) is 18.1. The highest BCUT2D eigenvalue weighted by Gasteiger charge is 2.27. The molecule has 0 radical (unpaired) electrons. The van der Waals surface area contributed by atoms with Crippen molar-refractivity contribution in [2.24, 2.45) is 12.0 Å². The summed E-state index contributed by atoms with van der Waals surface area (Å²) in [6.07, 6.45) is 3.42. The van der Waals surface area contributed by atoms with Crippen LogP contribution < -0.4 is 10.6 Å². The molecule has 0 aromatic carbocycles. The van der Waals surface area contributed by atoms with Gasteiger partial charge in [0, 0.05) is 51.0 Å². The summed E-state index contributed by atoms with van der Waals surface area (Å²) in [7, 11) is 0.666. The Bertz CT molecular complexity index is 748. The van der Waals surface area contributed by atoms with E-state index in [1.807, 2.05) is 11.7 Å². The molecular formula is C18H34N6O2S. The summed E-state index contributed by atoms with van der Waals surface area (Å²) in [5.41, 5.74) is 3.61. The molecule has 0 spiro atoms. The molecule has 1 aliphatic heterocycles. The first-order chi connectivity index (χ1) is 12.9. The zero-order valence-electron chi connectivity index (χ0n) is 17.2. The van der Waals surface area contributed by atoms with Crippen LogP contribution in [0.2, 0.25) is 0 Å². The van der Waals surface area contributed by atoms with Crippen molar-refractivity contribution >= 4 is 16.0 Å². The Morgan fingerprint density at radius 2 is 1.89 bits per heavy atom. The summed E-state index contributed by atoms with van der Waals surface area (Å²) >= 11 is 0. The number of aromatic nitrogens is 2. The second-order valence-electron chi connectivity index (χ2n) is 6.85. The van der Waals surface area contributed by atoms with Gasteiger partial charge in [-0.3, -0.25) is 9.67 Å². The number of aryl methyl sites for hydroxylation is 2. The molecule has 0 amide bonds. The molecule has 1 fully saturated rings. The van der Waals surface area contributed by atoms with Gasteiger partial charge in [0.1, 0.15) is 0 Å². The van der Waals surface area contributed by atoms with E-state index in [9.17, 15) is 8.42 Å². The van der Waals surface area contributed by atoms with Crippen LogP contribution in [0.5, 0.6) is 0 Å². The molecule has 1 aromatic rings. The fourth-order valence-corrected chi connectivity index (χ4v) is 4.75. The molecule has 27 heavy (non-hydrogen) atoms. The monoisotopic (exact) mass is 398 g/mol. The number of guanidine groups is 1. The zero-order chi connectivity index (χ0) is 20.0. The number of nitrogens with zero attached hydrogens (tertiary/aromatic N) is 4. The molecular weight excluding hydrogens is 364 g/mol. The molecule has 8 nitrogen and oxygen atoms in total. The molecule has 154 valence electrons. The number of rotatable bonds is 7. The average Bonchev–Trinajstić information content (AvgIpc) is 2.99. The van der Waals surface area contributed by atoms with Crippen LogP contribution in [-0.4, -0.2) is 60.4 Å². The quantitative estimate of drug-likeness (QED) is 0.529. The van der Waals surface area contributed by atoms with Gasteiger partial charge in [-0.15, -0.1) is 0 Å². The highest BCUT2D eigenvalue weighted by molar-refractivity contribution is 7.89. The fraction of sp³-hybridized carbons (Fsp3) is 0.778. The lowest BCUT2D eigenvalue weighted by molar-refractivity contribution is 0.306. The first kappa shape index (κ1) is 21.7. The summed E-state index contributed by atoms with van der Waals surface area (Å²) in [5.74, 6) is 0.915. The maximum absolute atomic E-state index is 12.0. The molecule has 0 aliphatic carbocycles. The maximum atomic E-state index is 12.0. The van der Waals surface area contributed by atoms with Gasteiger partial charge in [-0.2, -0.15) is 5.10 Å². The van der Waals surface area contributed by atoms with Crippen LogP contribution in [0.15, 0.2) is 4.99 Å². The number of sulfonamides is 1. The van der Waals surface area contributed by atoms with Gasteiger partial charge in [0.05, 0.1) is 11.4 Å². The van der Waals surface area contributed by atoms with Crippen LogP contribution in [0.3, 0.4) is 0 Å². The Kier molecular flexibility index (Phi) is 7.67. The Hall–Kier alpha value is -1.61. The Morgan fingerprint density at radius 1 is 1.22 bits per heavy atom. The third-order valence-electron chi connectivity index (χ3n) is 5.24. The lowest BCUT2D eigenvalue weighted by atomic mass is 10.1. The van der Waals surface area contributed by atoms with Crippen LogP contribution in [0.1, 0.15) is 50.6 Å². The van der Waals surface area contributed by atoms with Gasteiger partial charge in [-0.25, -0.2) is 12.7 Å². The van der Waals surface area contributed by atoms with E-state index in [0.717, 1.165) is 37.3 Å². The third kappa shape index (κ3) is 5.22. The van der Waals surface area contributed by atoms with Gasteiger partial charge in [0.25, 0.3) is 0 Å². The molecule has 2 rings (SSSR count). The predicted octanol–water partition coefficient (Wildman–Crippen LogP) is 1.02. The number of nitrogens with one attached hydrogen (secondary N) is 2. The summed E-state index contributed by atoms with van der Waals surface area (Å²) in [6, 6.07) is 0.227. The fourth-order valence-electron chi connectivity index (χ4n) is 3.61. The van der Waals surface area contributed by atoms with Crippen LogP contribution in [0.25, 0.3) is 0 Å². The van der Waals surface area contributed by atoms with Crippen molar-refractivity contribution in [2.75, 3.05) is 25.9 Å². The molecule has 0 saturated carbocycles. The molecule has 0 unspecified atom stereocenters. The molecule has 1 saturated heterocycles. The summed E-state index contributed by atoms with van der Waals surface area (Å²) in [5, 5.41) is 11.5. The first-order valence-corrected chi connectivity index (χ1v) is 11.5. The minimum Gasteiger partial charge on any atom is -0.354 e. The molecule has 2 heterocycles. The van der Waals surface area contributed by atoms with Crippen LogP contribution in [0, 0.1) is 0 Å². The Morgan fingerprint density at radius 3 is 2.41 bits per heavy atom. The summed E-state index contributed by atoms with van der Waals surface area (Å²) in [6.45, 7) is 7.77. The Balaban J connectivity index is 1.93. The minimum absolute atomic E-state index is 0.166. The SMILES string of the molecule is CCc1nn(C)c(CC)c1CNC(=NC)NC1CCN(S(=O)(=O)CC)CC1. The second kappa shape index (κ2) is 9.54. The normalized spacial score (nSPS) is 17.3.